The van der Waals surface area contributed by atoms with E-state index in [1.165, 1.54) is 128 Å². The molecule has 0 heterocycles. The average Bonchev–Trinajstić information content (AvgIpc) is 3.29. The van der Waals surface area contributed by atoms with Gasteiger partial charge in [0.25, 0.3) is 7.82 Å². The Hall–Kier alpha value is -2.06. The minimum absolute atomic E-state index is 0.0210. The van der Waals surface area contributed by atoms with Gasteiger partial charge < -0.3 is 27.9 Å². The Labute approximate surface area is 414 Å². The fourth-order valence-electron chi connectivity index (χ4n) is 7.55. The molecule has 0 rings (SSSR count). The molecule has 0 saturated carbocycles. The standard InChI is InChI=1S/C58H106NO7P/c1-6-8-10-12-14-16-18-20-22-24-26-28-29-30-31-32-33-35-37-39-41-43-45-47-49-51-58(60)66-57(56-65-67(61,62)64-54-52-59(3,4)5)55-63-53-50-48-46-44-42-40-38-36-34-27-25-23-21-19-17-15-13-11-9-7-2/h8,10,14,16,20,22,26,28,30-31,33,35,57H,6-7,9,11-13,15,17-19,21,23-25,27,29,32,34,36-56H2,1-5H3/b10-8-,16-14-,22-20-,28-26-,31-30-,35-33-. The molecule has 0 fully saturated rings. The Bertz CT molecular complexity index is 1300. The number of ether oxygens (including phenoxy) is 2. The summed E-state index contributed by atoms with van der Waals surface area (Å²) in [6.45, 7) is 5.31. The fourth-order valence-corrected chi connectivity index (χ4v) is 8.28. The second-order valence-electron chi connectivity index (χ2n) is 19.6. The molecule has 0 N–H and O–H groups in total. The van der Waals surface area contributed by atoms with Gasteiger partial charge in [0.15, 0.2) is 0 Å². The maximum Gasteiger partial charge on any atom is 0.306 e. The number of esters is 1. The summed E-state index contributed by atoms with van der Waals surface area (Å²) < 4.78 is 34.8. The lowest BCUT2D eigenvalue weighted by molar-refractivity contribution is -0.870. The molecule has 0 aliphatic heterocycles. The molecule has 0 aromatic rings. The SMILES string of the molecule is CC/C=C\C/C=C\C/C=C\C/C=C\C/C=C\C/C=C\CCCCCCCCC(=O)OC(COCCCCCCCCCCCCCCCCCCCCCC)COP(=O)([O-])OCC[N+](C)(C)C. The Morgan fingerprint density at radius 2 is 0.866 bits per heavy atom. The molecular weight excluding hydrogens is 854 g/mol. The van der Waals surface area contributed by atoms with Gasteiger partial charge in [0.1, 0.15) is 19.3 Å². The number of carbonyl (C=O) groups excluding carboxylic acids is 1. The number of unbranched alkanes of at least 4 members (excludes halogenated alkanes) is 25. The summed E-state index contributed by atoms with van der Waals surface area (Å²) in [6, 6.07) is 0. The van der Waals surface area contributed by atoms with Crippen LogP contribution >= 0.6 is 7.82 Å². The molecule has 0 bridgehead atoms. The van der Waals surface area contributed by atoms with Crippen molar-refractivity contribution in [3.63, 3.8) is 0 Å². The first-order chi connectivity index (χ1) is 32.6. The van der Waals surface area contributed by atoms with Crippen molar-refractivity contribution in [3.05, 3.63) is 72.9 Å². The molecule has 0 amide bonds. The van der Waals surface area contributed by atoms with Crippen LogP contribution in [0.25, 0.3) is 0 Å². The molecule has 8 nitrogen and oxygen atoms in total. The number of hydrogen-bond donors (Lipinski definition) is 0. The van der Waals surface area contributed by atoms with E-state index in [9.17, 15) is 14.3 Å². The molecule has 2 atom stereocenters. The number of rotatable bonds is 51. The zero-order valence-electron chi connectivity index (χ0n) is 44.3. The first-order valence-corrected chi connectivity index (χ1v) is 29.1. The highest BCUT2D eigenvalue weighted by Crippen LogP contribution is 2.38. The van der Waals surface area contributed by atoms with Gasteiger partial charge in [-0.05, 0) is 64.2 Å². The third-order valence-corrected chi connectivity index (χ3v) is 12.7. The first-order valence-electron chi connectivity index (χ1n) is 27.7. The quantitative estimate of drug-likeness (QED) is 0.0197. The second kappa shape index (κ2) is 50.3. The van der Waals surface area contributed by atoms with Crippen molar-refractivity contribution in [1.29, 1.82) is 0 Å². The van der Waals surface area contributed by atoms with Crippen molar-refractivity contribution >= 4 is 13.8 Å². The van der Waals surface area contributed by atoms with Gasteiger partial charge in [0, 0.05) is 13.0 Å². The van der Waals surface area contributed by atoms with Crippen molar-refractivity contribution in [2.45, 2.75) is 238 Å². The second-order valence-corrected chi connectivity index (χ2v) is 21.0. The van der Waals surface area contributed by atoms with Gasteiger partial charge in [-0.25, -0.2) is 0 Å². The van der Waals surface area contributed by atoms with Gasteiger partial charge in [-0.2, -0.15) is 0 Å². The minimum atomic E-state index is -4.54. The van der Waals surface area contributed by atoms with Gasteiger partial charge in [-0.3, -0.25) is 9.36 Å². The van der Waals surface area contributed by atoms with Gasteiger partial charge >= 0.3 is 5.97 Å². The van der Waals surface area contributed by atoms with Crippen molar-refractivity contribution < 1.29 is 37.3 Å². The fraction of sp³-hybridized carbons (Fsp3) is 0.776. The topological polar surface area (TPSA) is 94.1 Å². The number of allylic oxidation sites excluding steroid dienone is 12. The zero-order valence-corrected chi connectivity index (χ0v) is 45.2. The summed E-state index contributed by atoms with van der Waals surface area (Å²) in [5.74, 6) is -0.347. The van der Waals surface area contributed by atoms with E-state index in [1.807, 2.05) is 21.1 Å². The molecule has 67 heavy (non-hydrogen) atoms. The van der Waals surface area contributed by atoms with E-state index < -0.39 is 13.9 Å². The molecule has 0 saturated heterocycles. The molecule has 0 spiro atoms. The van der Waals surface area contributed by atoms with Gasteiger partial charge in [0.2, 0.25) is 0 Å². The predicted octanol–water partition coefficient (Wildman–Crippen LogP) is 16.8. The van der Waals surface area contributed by atoms with Gasteiger partial charge in [-0.1, -0.05) is 234 Å². The van der Waals surface area contributed by atoms with Crippen molar-refractivity contribution in [2.75, 3.05) is 54.1 Å². The number of phosphoric acid groups is 1. The number of carbonyl (C=O) groups is 1. The van der Waals surface area contributed by atoms with Crippen LogP contribution in [0.3, 0.4) is 0 Å². The van der Waals surface area contributed by atoms with Gasteiger partial charge in [-0.15, -0.1) is 0 Å². The highest BCUT2D eigenvalue weighted by Gasteiger charge is 2.20. The molecule has 0 aromatic heterocycles. The minimum Gasteiger partial charge on any atom is -0.756 e. The van der Waals surface area contributed by atoms with Crippen LogP contribution in [-0.4, -0.2) is 70.7 Å². The van der Waals surface area contributed by atoms with Crippen LogP contribution in [0.15, 0.2) is 72.9 Å². The Balaban J connectivity index is 4.15. The maximum atomic E-state index is 12.8. The van der Waals surface area contributed by atoms with Crippen LogP contribution in [0.2, 0.25) is 0 Å². The van der Waals surface area contributed by atoms with Crippen LogP contribution < -0.4 is 4.89 Å². The van der Waals surface area contributed by atoms with E-state index in [0.29, 0.717) is 24.1 Å². The molecule has 390 valence electrons. The van der Waals surface area contributed by atoms with E-state index in [-0.39, 0.29) is 25.8 Å². The highest BCUT2D eigenvalue weighted by molar-refractivity contribution is 7.45. The van der Waals surface area contributed by atoms with Crippen LogP contribution in [0.1, 0.15) is 232 Å². The summed E-state index contributed by atoms with van der Waals surface area (Å²) in [5, 5.41) is 0. The molecule has 0 radical (unpaired) electrons. The third kappa shape index (κ3) is 54.7. The molecule has 0 aliphatic rings. The summed E-state index contributed by atoms with van der Waals surface area (Å²) in [6.07, 6.45) is 66.5. The largest absolute Gasteiger partial charge is 0.756 e. The monoisotopic (exact) mass is 960 g/mol. The van der Waals surface area contributed by atoms with Crippen molar-refractivity contribution in [1.82, 2.24) is 0 Å². The number of hydrogen-bond acceptors (Lipinski definition) is 7. The third-order valence-electron chi connectivity index (χ3n) is 11.8. The van der Waals surface area contributed by atoms with Crippen molar-refractivity contribution in [2.24, 2.45) is 0 Å². The smallest absolute Gasteiger partial charge is 0.306 e. The molecule has 0 aromatic carbocycles. The van der Waals surface area contributed by atoms with Crippen LogP contribution in [-0.2, 0) is 27.9 Å². The number of likely N-dealkylation sites (N-methyl/N-ethyl adjacent to an activating group) is 1. The van der Waals surface area contributed by atoms with Crippen LogP contribution in [0, 0.1) is 0 Å². The predicted molar refractivity (Wildman–Crippen MR) is 286 cm³/mol. The lowest BCUT2D eigenvalue weighted by Crippen LogP contribution is -2.37. The normalized spacial score (nSPS) is 14.1. The Kier molecular flexibility index (Phi) is 48.8. The lowest BCUT2D eigenvalue weighted by Gasteiger charge is -2.28. The number of phosphoric ester groups is 1. The van der Waals surface area contributed by atoms with E-state index in [4.69, 9.17) is 18.5 Å². The van der Waals surface area contributed by atoms with Crippen LogP contribution in [0.5, 0.6) is 0 Å². The summed E-state index contributed by atoms with van der Waals surface area (Å²) >= 11 is 0. The number of quaternary nitrogens is 1. The highest BCUT2D eigenvalue weighted by atomic mass is 31.2. The Morgan fingerprint density at radius 1 is 0.478 bits per heavy atom. The zero-order chi connectivity index (χ0) is 49.0. The average molecular weight is 960 g/mol. The molecule has 9 heteroatoms. The number of nitrogens with zero attached hydrogens (tertiary/aromatic N) is 1. The molecule has 2 unspecified atom stereocenters. The molecular formula is C58H106NO7P. The van der Waals surface area contributed by atoms with Crippen LogP contribution in [0.4, 0.5) is 0 Å². The summed E-state index contributed by atoms with van der Waals surface area (Å²) in [7, 11) is 1.34. The summed E-state index contributed by atoms with van der Waals surface area (Å²) in [5.41, 5.74) is 0. The first kappa shape index (κ1) is 64.9. The lowest BCUT2D eigenvalue weighted by atomic mass is 10.0. The van der Waals surface area contributed by atoms with Gasteiger partial charge in [0.05, 0.1) is 34.4 Å². The van der Waals surface area contributed by atoms with E-state index >= 15 is 0 Å². The summed E-state index contributed by atoms with van der Waals surface area (Å²) in [4.78, 5) is 25.2. The molecule has 0 aliphatic carbocycles. The van der Waals surface area contributed by atoms with E-state index in [0.717, 1.165) is 83.5 Å². The maximum absolute atomic E-state index is 12.8. The Morgan fingerprint density at radius 3 is 1.30 bits per heavy atom. The van der Waals surface area contributed by atoms with E-state index in [1.54, 1.807) is 0 Å². The van der Waals surface area contributed by atoms with Crippen molar-refractivity contribution in [3.8, 4) is 0 Å². The van der Waals surface area contributed by atoms with E-state index in [2.05, 4.69) is 86.8 Å².